The van der Waals surface area contributed by atoms with Crippen LogP contribution in [0, 0.1) is 0 Å². The standard InChI is InChI=1S/C10H10Cl2N2O4/c1-18-4-6(10(16)17)13-9(15)8-5(11)2-3-7(12)14-8/h2-3,6H,4H2,1H3,(H,13,15)(H,16,17). The van der Waals surface area contributed by atoms with E-state index in [1.54, 1.807) is 0 Å². The molecule has 1 rings (SSSR count). The number of amides is 1. The van der Waals surface area contributed by atoms with Crippen molar-refractivity contribution in [3.8, 4) is 0 Å². The Kier molecular flexibility index (Phi) is 5.33. The van der Waals surface area contributed by atoms with Crippen LogP contribution in [0.5, 0.6) is 0 Å². The van der Waals surface area contributed by atoms with Crippen LogP contribution in [0.1, 0.15) is 10.5 Å². The van der Waals surface area contributed by atoms with Crippen molar-refractivity contribution in [2.45, 2.75) is 6.04 Å². The molecule has 18 heavy (non-hydrogen) atoms. The summed E-state index contributed by atoms with van der Waals surface area (Å²) in [5.41, 5.74) is -0.133. The lowest BCUT2D eigenvalue weighted by Gasteiger charge is -2.13. The maximum absolute atomic E-state index is 11.8. The van der Waals surface area contributed by atoms with Crippen molar-refractivity contribution < 1.29 is 19.4 Å². The van der Waals surface area contributed by atoms with Crippen LogP contribution in [0.15, 0.2) is 12.1 Å². The Morgan fingerprint density at radius 3 is 2.72 bits per heavy atom. The lowest BCUT2D eigenvalue weighted by molar-refractivity contribution is -0.140. The van der Waals surface area contributed by atoms with Gasteiger partial charge in [0, 0.05) is 7.11 Å². The van der Waals surface area contributed by atoms with Gasteiger partial charge < -0.3 is 15.2 Å². The molecule has 8 heteroatoms. The summed E-state index contributed by atoms with van der Waals surface area (Å²) in [5.74, 6) is -1.95. The van der Waals surface area contributed by atoms with Crippen LogP contribution in [-0.2, 0) is 9.53 Å². The van der Waals surface area contributed by atoms with E-state index in [2.05, 4.69) is 15.0 Å². The molecule has 0 radical (unpaired) electrons. The van der Waals surface area contributed by atoms with Gasteiger partial charge in [-0.1, -0.05) is 23.2 Å². The molecule has 0 saturated carbocycles. The zero-order valence-corrected chi connectivity index (χ0v) is 10.8. The Labute approximate surface area is 113 Å². The molecule has 0 aliphatic heterocycles. The van der Waals surface area contributed by atoms with Crippen molar-refractivity contribution in [3.05, 3.63) is 28.0 Å². The average molecular weight is 293 g/mol. The second kappa shape index (κ2) is 6.53. The molecule has 0 bridgehead atoms. The second-order valence-corrected chi connectivity index (χ2v) is 4.08. The van der Waals surface area contributed by atoms with E-state index >= 15 is 0 Å². The largest absolute Gasteiger partial charge is 0.480 e. The van der Waals surface area contributed by atoms with E-state index in [1.165, 1.54) is 19.2 Å². The topological polar surface area (TPSA) is 88.5 Å². The number of carboxylic acids is 1. The molecule has 0 fully saturated rings. The number of pyridine rings is 1. The lowest BCUT2D eigenvalue weighted by atomic mass is 10.2. The third-order valence-corrected chi connectivity index (χ3v) is 2.48. The number of carboxylic acid groups (broad SMARTS) is 1. The first-order valence-corrected chi connectivity index (χ1v) is 5.56. The van der Waals surface area contributed by atoms with Gasteiger partial charge in [0.2, 0.25) is 0 Å². The minimum absolute atomic E-state index is 0.0819. The Balaban J connectivity index is 2.86. The molecule has 6 nitrogen and oxygen atoms in total. The molecule has 1 heterocycles. The Morgan fingerprint density at radius 1 is 1.50 bits per heavy atom. The highest BCUT2D eigenvalue weighted by Gasteiger charge is 2.22. The summed E-state index contributed by atoms with van der Waals surface area (Å²) in [6, 6.07) is 1.64. The molecule has 98 valence electrons. The zero-order valence-electron chi connectivity index (χ0n) is 9.31. The summed E-state index contributed by atoms with van der Waals surface area (Å²) in [5, 5.41) is 11.3. The molecule has 1 aromatic rings. The van der Waals surface area contributed by atoms with Crippen LogP contribution >= 0.6 is 23.2 Å². The van der Waals surface area contributed by atoms with Crippen molar-refractivity contribution in [2.75, 3.05) is 13.7 Å². The van der Waals surface area contributed by atoms with Gasteiger partial charge in [-0.15, -0.1) is 0 Å². The number of carbonyl (C=O) groups excluding carboxylic acids is 1. The second-order valence-electron chi connectivity index (χ2n) is 3.28. The normalized spacial score (nSPS) is 11.9. The number of hydrogen-bond donors (Lipinski definition) is 2. The van der Waals surface area contributed by atoms with E-state index in [9.17, 15) is 9.59 Å². The van der Waals surface area contributed by atoms with Crippen LogP contribution in [0.25, 0.3) is 0 Å². The number of hydrogen-bond acceptors (Lipinski definition) is 4. The summed E-state index contributed by atoms with van der Waals surface area (Å²) in [7, 11) is 1.33. The van der Waals surface area contributed by atoms with Crippen LogP contribution in [0.2, 0.25) is 10.2 Å². The third-order valence-electron chi connectivity index (χ3n) is 1.96. The third kappa shape index (κ3) is 3.83. The van der Waals surface area contributed by atoms with Crippen LogP contribution in [-0.4, -0.2) is 41.7 Å². The monoisotopic (exact) mass is 292 g/mol. The van der Waals surface area contributed by atoms with E-state index in [-0.39, 0.29) is 22.5 Å². The molecule has 1 aromatic heterocycles. The summed E-state index contributed by atoms with van der Waals surface area (Å²) in [4.78, 5) is 26.3. The predicted octanol–water partition coefficient (Wildman–Crippen LogP) is 1.22. The molecule has 0 aliphatic rings. The molecule has 1 unspecified atom stereocenters. The maximum atomic E-state index is 11.8. The fraction of sp³-hybridized carbons (Fsp3) is 0.300. The Hall–Kier alpha value is -1.37. The van der Waals surface area contributed by atoms with E-state index in [0.717, 1.165) is 0 Å². The first-order valence-electron chi connectivity index (χ1n) is 4.80. The summed E-state index contributed by atoms with van der Waals surface area (Å²) < 4.78 is 4.68. The van der Waals surface area contributed by atoms with Gasteiger partial charge in [0.1, 0.15) is 10.8 Å². The van der Waals surface area contributed by atoms with Gasteiger partial charge in [-0.05, 0) is 12.1 Å². The highest BCUT2D eigenvalue weighted by atomic mass is 35.5. The van der Waals surface area contributed by atoms with Crippen LogP contribution in [0.4, 0.5) is 0 Å². The maximum Gasteiger partial charge on any atom is 0.328 e. The highest BCUT2D eigenvalue weighted by Crippen LogP contribution is 2.16. The highest BCUT2D eigenvalue weighted by molar-refractivity contribution is 6.34. The molecule has 0 saturated heterocycles. The Bertz CT molecular complexity index is 467. The minimum Gasteiger partial charge on any atom is -0.480 e. The molecule has 0 aliphatic carbocycles. The fourth-order valence-electron chi connectivity index (χ4n) is 1.15. The van der Waals surface area contributed by atoms with E-state index in [1.807, 2.05) is 0 Å². The van der Waals surface area contributed by atoms with Crippen molar-refractivity contribution >= 4 is 35.1 Å². The first kappa shape index (κ1) is 14.7. The predicted molar refractivity (Wildman–Crippen MR) is 65.0 cm³/mol. The van der Waals surface area contributed by atoms with Gasteiger partial charge in [-0.2, -0.15) is 0 Å². The van der Waals surface area contributed by atoms with Gasteiger partial charge in [0.25, 0.3) is 5.91 Å². The van der Waals surface area contributed by atoms with Crippen molar-refractivity contribution in [2.24, 2.45) is 0 Å². The number of halogens is 2. The minimum atomic E-state index is -1.22. The number of aromatic nitrogens is 1. The number of aliphatic carboxylic acids is 1. The molecule has 0 spiro atoms. The summed E-state index contributed by atoms with van der Waals surface area (Å²) in [6.45, 7) is -0.167. The zero-order chi connectivity index (χ0) is 13.7. The number of rotatable bonds is 5. The Morgan fingerprint density at radius 2 is 2.17 bits per heavy atom. The number of nitrogens with zero attached hydrogens (tertiary/aromatic N) is 1. The molecule has 2 N–H and O–H groups in total. The molecule has 0 aromatic carbocycles. The van der Waals surface area contributed by atoms with E-state index < -0.39 is 17.9 Å². The molecular formula is C10H10Cl2N2O4. The summed E-state index contributed by atoms with van der Waals surface area (Å²) >= 11 is 11.4. The smallest absolute Gasteiger partial charge is 0.328 e. The van der Waals surface area contributed by atoms with Gasteiger partial charge in [-0.25, -0.2) is 9.78 Å². The number of methoxy groups -OCH3 is 1. The molecule has 1 atom stereocenters. The van der Waals surface area contributed by atoms with E-state index in [4.69, 9.17) is 28.3 Å². The number of ether oxygens (including phenoxy) is 1. The molecular weight excluding hydrogens is 283 g/mol. The fourth-order valence-corrected chi connectivity index (χ4v) is 1.48. The van der Waals surface area contributed by atoms with Gasteiger partial charge in [-0.3, -0.25) is 4.79 Å². The van der Waals surface area contributed by atoms with Crippen molar-refractivity contribution in [1.29, 1.82) is 0 Å². The van der Waals surface area contributed by atoms with Crippen molar-refractivity contribution in [3.63, 3.8) is 0 Å². The van der Waals surface area contributed by atoms with Crippen LogP contribution < -0.4 is 5.32 Å². The average Bonchev–Trinajstić information content (AvgIpc) is 2.31. The number of carbonyl (C=O) groups is 2. The number of nitrogens with one attached hydrogen (secondary N) is 1. The quantitative estimate of drug-likeness (QED) is 0.797. The van der Waals surface area contributed by atoms with Crippen molar-refractivity contribution in [1.82, 2.24) is 10.3 Å². The SMILES string of the molecule is COCC(NC(=O)c1nc(Cl)ccc1Cl)C(=O)O. The van der Waals surface area contributed by atoms with Gasteiger partial charge in [0.15, 0.2) is 6.04 Å². The van der Waals surface area contributed by atoms with E-state index in [0.29, 0.717) is 0 Å². The van der Waals surface area contributed by atoms with Gasteiger partial charge in [0.05, 0.1) is 11.6 Å². The van der Waals surface area contributed by atoms with Crippen LogP contribution in [0.3, 0.4) is 0 Å². The van der Waals surface area contributed by atoms with Gasteiger partial charge >= 0.3 is 5.97 Å². The molecule has 1 amide bonds. The first-order chi connectivity index (χ1) is 8.45. The lowest BCUT2D eigenvalue weighted by Crippen LogP contribution is -2.44. The summed E-state index contributed by atoms with van der Waals surface area (Å²) in [6.07, 6.45) is 0.